The van der Waals surface area contributed by atoms with Gasteiger partial charge in [0.25, 0.3) is 0 Å². The monoisotopic (exact) mass is 551 g/mol. The third-order valence-electron chi connectivity index (χ3n) is 7.52. The van der Waals surface area contributed by atoms with Crippen molar-refractivity contribution in [1.29, 1.82) is 0 Å². The van der Waals surface area contributed by atoms with E-state index in [4.69, 9.17) is 14.2 Å². The molecule has 1 aliphatic heterocycles. The van der Waals surface area contributed by atoms with Gasteiger partial charge < -0.3 is 19.1 Å². The van der Waals surface area contributed by atoms with Gasteiger partial charge in [-0.2, -0.15) is 0 Å². The highest BCUT2D eigenvalue weighted by Crippen LogP contribution is 2.33. The molecule has 4 aromatic rings. The molecule has 0 bridgehead atoms. The van der Waals surface area contributed by atoms with Crippen molar-refractivity contribution in [2.24, 2.45) is 0 Å². The van der Waals surface area contributed by atoms with E-state index in [0.717, 1.165) is 30.6 Å². The average molecular weight is 552 g/mol. The lowest BCUT2D eigenvalue weighted by atomic mass is 9.87. The highest BCUT2D eigenvalue weighted by molar-refractivity contribution is 5.82. The minimum Gasteiger partial charge on any atom is -0.494 e. The number of benzene rings is 4. The van der Waals surface area contributed by atoms with E-state index in [1.165, 1.54) is 21.9 Å². The fraction of sp³-hybridized carbons (Fsp3) is 0.361. The van der Waals surface area contributed by atoms with Crippen LogP contribution in [0, 0.1) is 0 Å². The van der Waals surface area contributed by atoms with Crippen molar-refractivity contribution in [2.45, 2.75) is 64.3 Å². The van der Waals surface area contributed by atoms with Crippen LogP contribution < -0.4 is 4.74 Å². The van der Waals surface area contributed by atoms with Crippen LogP contribution in [0.15, 0.2) is 97.1 Å². The molecule has 214 valence electrons. The Morgan fingerprint density at radius 1 is 0.854 bits per heavy atom. The molecule has 2 atom stereocenters. The molecule has 5 nitrogen and oxygen atoms in total. The largest absolute Gasteiger partial charge is 0.494 e. The van der Waals surface area contributed by atoms with E-state index in [1.807, 2.05) is 26.8 Å². The summed E-state index contributed by atoms with van der Waals surface area (Å²) in [5, 5.41) is 2.41. The Bertz CT molecular complexity index is 1410. The molecule has 0 saturated carbocycles. The number of carbonyl (C=O) groups excluding carboxylic acids is 1. The van der Waals surface area contributed by atoms with E-state index in [1.54, 1.807) is 4.90 Å². The summed E-state index contributed by atoms with van der Waals surface area (Å²) >= 11 is 0. The molecule has 0 aliphatic carbocycles. The van der Waals surface area contributed by atoms with Crippen molar-refractivity contribution in [3.63, 3.8) is 0 Å². The number of amides is 1. The van der Waals surface area contributed by atoms with Gasteiger partial charge in [-0.25, -0.2) is 4.79 Å². The van der Waals surface area contributed by atoms with Crippen molar-refractivity contribution in [3.8, 4) is 5.75 Å². The Morgan fingerprint density at radius 2 is 1.59 bits per heavy atom. The lowest BCUT2D eigenvalue weighted by Gasteiger charge is -2.39. The molecule has 0 radical (unpaired) electrons. The van der Waals surface area contributed by atoms with E-state index in [9.17, 15) is 4.79 Å². The number of rotatable bonds is 9. The summed E-state index contributed by atoms with van der Waals surface area (Å²) in [5.41, 5.74) is 3.12. The summed E-state index contributed by atoms with van der Waals surface area (Å²) in [6, 6.07) is 33.7. The number of ether oxygens (including phenoxy) is 3. The van der Waals surface area contributed by atoms with Crippen LogP contribution in [-0.2, 0) is 22.5 Å². The second-order valence-electron chi connectivity index (χ2n) is 11.9. The van der Waals surface area contributed by atoms with Crippen LogP contribution in [0.2, 0.25) is 0 Å². The fourth-order valence-corrected chi connectivity index (χ4v) is 5.41. The number of piperidine rings is 1. The predicted molar refractivity (Wildman–Crippen MR) is 164 cm³/mol. The van der Waals surface area contributed by atoms with Crippen LogP contribution in [0.3, 0.4) is 0 Å². The van der Waals surface area contributed by atoms with Crippen LogP contribution in [0.1, 0.15) is 56.2 Å². The molecule has 5 heteroatoms. The van der Waals surface area contributed by atoms with Crippen LogP contribution in [-0.4, -0.2) is 42.4 Å². The Hall–Kier alpha value is -3.83. The van der Waals surface area contributed by atoms with Gasteiger partial charge in [0.1, 0.15) is 11.4 Å². The average Bonchev–Trinajstić information content (AvgIpc) is 2.98. The van der Waals surface area contributed by atoms with Crippen LogP contribution >= 0.6 is 0 Å². The number of nitrogens with zero attached hydrogens (tertiary/aromatic N) is 1. The third kappa shape index (κ3) is 8.11. The molecular formula is C36H41NO4. The standard InChI is InChI=1S/C36H41NO4/c1-36(2,3)41-35(38)37-22-21-33(34(25-37)40-26-28-15-16-29-13-7-8-14-31(29)24-28)30-17-19-32(20-18-30)39-23-9-12-27-10-5-4-6-11-27/h4-8,10-11,13-20,24,33-34H,9,12,21-23,25-26H2,1-3H3. The first kappa shape index (κ1) is 28.7. The predicted octanol–water partition coefficient (Wildman–Crippen LogP) is 8.16. The Balaban J connectivity index is 1.24. The summed E-state index contributed by atoms with van der Waals surface area (Å²) in [4.78, 5) is 14.7. The zero-order chi connectivity index (χ0) is 28.7. The van der Waals surface area contributed by atoms with E-state index in [-0.39, 0.29) is 18.1 Å². The van der Waals surface area contributed by atoms with E-state index >= 15 is 0 Å². The minimum atomic E-state index is -0.535. The van der Waals surface area contributed by atoms with Gasteiger partial charge >= 0.3 is 6.09 Å². The summed E-state index contributed by atoms with van der Waals surface area (Å²) < 4.78 is 18.3. The van der Waals surface area contributed by atoms with Gasteiger partial charge in [-0.3, -0.25) is 0 Å². The number of fused-ring (bicyclic) bond motifs is 1. The van der Waals surface area contributed by atoms with Gasteiger partial charge in [-0.05, 0) is 85.7 Å². The normalized spacial score (nSPS) is 17.4. The number of hydrogen-bond donors (Lipinski definition) is 0. The summed E-state index contributed by atoms with van der Waals surface area (Å²) in [5.74, 6) is 1.04. The zero-order valence-electron chi connectivity index (χ0n) is 24.4. The molecular weight excluding hydrogens is 510 g/mol. The van der Waals surface area contributed by atoms with Crippen molar-refractivity contribution in [3.05, 3.63) is 114 Å². The number of likely N-dealkylation sites (tertiary alicyclic amines) is 1. The minimum absolute atomic E-state index is 0.152. The summed E-state index contributed by atoms with van der Waals surface area (Å²) in [6.07, 6.45) is 2.35. The molecule has 1 aliphatic rings. The molecule has 5 rings (SSSR count). The second-order valence-corrected chi connectivity index (χ2v) is 11.9. The molecule has 1 fully saturated rings. The van der Waals surface area contributed by atoms with Crippen LogP contribution in [0.4, 0.5) is 4.79 Å². The molecule has 1 amide bonds. The van der Waals surface area contributed by atoms with Crippen LogP contribution in [0.5, 0.6) is 5.75 Å². The van der Waals surface area contributed by atoms with Crippen LogP contribution in [0.25, 0.3) is 10.8 Å². The van der Waals surface area contributed by atoms with E-state index in [0.29, 0.717) is 26.3 Å². The van der Waals surface area contributed by atoms with Gasteiger partial charge in [0.15, 0.2) is 0 Å². The lowest BCUT2D eigenvalue weighted by Crippen LogP contribution is -2.48. The summed E-state index contributed by atoms with van der Waals surface area (Å²) in [6.45, 7) is 7.98. The first-order chi connectivity index (χ1) is 19.8. The Labute approximate surface area is 244 Å². The fourth-order valence-electron chi connectivity index (χ4n) is 5.41. The van der Waals surface area contributed by atoms with Gasteiger partial charge in [0.2, 0.25) is 0 Å². The molecule has 0 spiro atoms. The SMILES string of the molecule is CC(C)(C)OC(=O)N1CCC(c2ccc(OCCCc3ccccc3)cc2)C(OCc2ccc3ccccc3c2)C1. The number of aryl methyl sites for hydroxylation is 1. The van der Waals surface area contributed by atoms with Gasteiger partial charge in [0, 0.05) is 12.5 Å². The third-order valence-corrected chi connectivity index (χ3v) is 7.52. The smallest absolute Gasteiger partial charge is 0.410 e. The lowest BCUT2D eigenvalue weighted by molar-refractivity contribution is -0.0359. The molecule has 0 N–H and O–H groups in total. The van der Waals surface area contributed by atoms with Gasteiger partial charge in [0.05, 0.1) is 25.9 Å². The molecule has 4 aromatic carbocycles. The molecule has 1 heterocycles. The zero-order valence-corrected chi connectivity index (χ0v) is 24.4. The maximum absolute atomic E-state index is 12.9. The Morgan fingerprint density at radius 3 is 2.34 bits per heavy atom. The van der Waals surface area contributed by atoms with E-state index in [2.05, 4.69) is 91.0 Å². The van der Waals surface area contributed by atoms with Crippen molar-refractivity contribution < 1.29 is 19.0 Å². The molecule has 2 unspecified atom stereocenters. The van der Waals surface area contributed by atoms with Crippen molar-refractivity contribution >= 4 is 16.9 Å². The first-order valence-corrected chi connectivity index (χ1v) is 14.7. The van der Waals surface area contributed by atoms with Gasteiger partial charge in [-0.15, -0.1) is 0 Å². The molecule has 1 saturated heterocycles. The highest BCUT2D eigenvalue weighted by atomic mass is 16.6. The maximum Gasteiger partial charge on any atom is 0.410 e. The molecule has 0 aromatic heterocycles. The quantitative estimate of drug-likeness (QED) is 0.197. The first-order valence-electron chi connectivity index (χ1n) is 14.7. The van der Waals surface area contributed by atoms with E-state index < -0.39 is 5.60 Å². The van der Waals surface area contributed by atoms with Crippen molar-refractivity contribution in [2.75, 3.05) is 19.7 Å². The molecule has 41 heavy (non-hydrogen) atoms. The van der Waals surface area contributed by atoms with Crippen molar-refractivity contribution in [1.82, 2.24) is 4.90 Å². The highest BCUT2D eigenvalue weighted by Gasteiger charge is 2.35. The number of carbonyl (C=O) groups is 1. The Kier molecular flexibility index (Phi) is 9.25. The number of hydrogen-bond acceptors (Lipinski definition) is 4. The van der Waals surface area contributed by atoms with Gasteiger partial charge in [-0.1, -0.05) is 78.9 Å². The second kappa shape index (κ2) is 13.2. The topological polar surface area (TPSA) is 48.0 Å². The summed E-state index contributed by atoms with van der Waals surface area (Å²) in [7, 11) is 0. The maximum atomic E-state index is 12.9.